The van der Waals surface area contributed by atoms with Gasteiger partial charge in [-0.25, -0.2) is 4.98 Å². The van der Waals surface area contributed by atoms with E-state index in [2.05, 4.69) is 4.98 Å². The maximum atomic E-state index is 11.1. The number of ether oxygens (including phenoxy) is 1. The maximum Gasteiger partial charge on any atom is 0.320 e. The second kappa shape index (κ2) is 6.40. The fourth-order valence-corrected chi connectivity index (χ4v) is 2.21. The van der Waals surface area contributed by atoms with Gasteiger partial charge in [-0.1, -0.05) is 12.1 Å². The van der Waals surface area contributed by atoms with Gasteiger partial charge in [-0.05, 0) is 23.8 Å². The Labute approximate surface area is 140 Å². The van der Waals surface area contributed by atoms with E-state index < -0.39 is 21.2 Å². The third kappa shape index (κ3) is 3.29. The Hall–Kier alpha value is -3.75. The molecule has 2 aromatic carbocycles. The molecule has 0 spiro atoms. The topological polar surface area (TPSA) is 122 Å². The van der Waals surface area contributed by atoms with E-state index in [1.54, 1.807) is 25.3 Å². The first-order chi connectivity index (χ1) is 12.0. The molecule has 0 N–H and O–H groups in total. The zero-order chi connectivity index (χ0) is 18.0. The average Bonchev–Trinajstić information content (AvgIpc) is 3.02. The van der Waals surface area contributed by atoms with E-state index in [4.69, 9.17) is 9.15 Å². The fourth-order valence-electron chi connectivity index (χ4n) is 2.21. The Morgan fingerprint density at radius 1 is 1.08 bits per heavy atom. The number of benzene rings is 2. The average molecular weight is 341 g/mol. The maximum absolute atomic E-state index is 11.1. The van der Waals surface area contributed by atoms with Crippen LogP contribution in [0.5, 0.6) is 5.75 Å². The van der Waals surface area contributed by atoms with Crippen molar-refractivity contribution in [1.82, 2.24) is 4.98 Å². The second-order valence-corrected chi connectivity index (χ2v) is 4.99. The molecule has 0 saturated heterocycles. The number of fused-ring (bicyclic) bond motifs is 1. The zero-order valence-corrected chi connectivity index (χ0v) is 12.9. The van der Waals surface area contributed by atoms with E-state index in [0.29, 0.717) is 5.75 Å². The molecule has 0 amide bonds. The molecule has 9 nitrogen and oxygen atoms in total. The van der Waals surface area contributed by atoms with Crippen molar-refractivity contribution >= 4 is 34.6 Å². The summed E-state index contributed by atoms with van der Waals surface area (Å²) in [5.74, 6) is 0.816. The van der Waals surface area contributed by atoms with Gasteiger partial charge < -0.3 is 9.15 Å². The molecule has 0 fully saturated rings. The number of rotatable bonds is 5. The molecular formula is C16H11N3O6. The van der Waals surface area contributed by atoms with Crippen LogP contribution in [0.1, 0.15) is 11.5 Å². The summed E-state index contributed by atoms with van der Waals surface area (Å²) >= 11 is 0. The van der Waals surface area contributed by atoms with Crippen molar-refractivity contribution in [3.05, 3.63) is 68.1 Å². The van der Waals surface area contributed by atoms with Gasteiger partial charge in [0.15, 0.2) is 0 Å². The number of non-ortho nitro benzene ring substituents is 2. The Bertz CT molecular complexity index is 991. The molecule has 1 aromatic heterocycles. The van der Waals surface area contributed by atoms with Crippen molar-refractivity contribution in [3.63, 3.8) is 0 Å². The SMILES string of the molecule is COc1ccc(/C=C/c2nc3cc([N+](=O)[O-])cc([N+](=O)[O-])c3o2)cc1. The summed E-state index contributed by atoms with van der Waals surface area (Å²) < 4.78 is 10.4. The lowest BCUT2D eigenvalue weighted by molar-refractivity contribution is -0.393. The molecule has 3 rings (SSSR count). The molecule has 0 bridgehead atoms. The van der Waals surface area contributed by atoms with Crippen LogP contribution in [0.4, 0.5) is 11.4 Å². The minimum absolute atomic E-state index is 0.0512. The number of aromatic nitrogens is 1. The summed E-state index contributed by atoms with van der Waals surface area (Å²) in [5, 5.41) is 22.0. The van der Waals surface area contributed by atoms with E-state index in [1.807, 2.05) is 12.1 Å². The van der Waals surface area contributed by atoms with Crippen molar-refractivity contribution in [2.45, 2.75) is 0 Å². The predicted molar refractivity (Wildman–Crippen MR) is 89.2 cm³/mol. The molecule has 0 aliphatic heterocycles. The number of methoxy groups -OCH3 is 1. The highest BCUT2D eigenvalue weighted by atomic mass is 16.6. The Balaban J connectivity index is 1.99. The molecule has 9 heteroatoms. The van der Waals surface area contributed by atoms with Crippen LogP contribution in [0.25, 0.3) is 23.3 Å². The number of nitro benzene ring substituents is 2. The lowest BCUT2D eigenvalue weighted by Gasteiger charge is -1.98. The monoisotopic (exact) mass is 341 g/mol. The normalized spacial score (nSPS) is 11.1. The fraction of sp³-hybridized carbons (Fsp3) is 0.0625. The molecule has 0 aliphatic rings. The van der Waals surface area contributed by atoms with Crippen LogP contribution in [0.3, 0.4) is 0 Å². The molecule has 126 valence electrons. The van der Waals surface area contributed by atoms with Gasteiger partial charge in [-0.2, -0.15) is 0 Å². The summed E-state index contributed by atoms with van der Waals surface area (Å²) in [6.45, 7) is 0. The Kier molecular flexibility index (Phi) is 4.12. The third-order valence-corrected chi connectivity index (χ3v) is 3.41. The highest BCUT2D eigenvalue weighted by Gasteiger charge is 2.23. The highest BCUT2D eigenvalue weighted by molar-refractivity contribution is 5.86. The quantitative estimate of drug-likeness (QED) is 0.510. The van der Waals surface area contributed by atoms with Crippen molar-refractivity contribution in [2.75, 3.05) is 7.11 Å². The summed E-state index contributed by atoms with van der Waals surface area (Å²) in [7, 11) is 1.56. The van der Waals surface area contributed by atoms with Gasteiger partial charge in [-0.3, -0.25) is 20.2 Å². The smallest absolute Gasteiger partial charge is 0.320 e. The summed E-state index contributed by atoms with van der Waals surface area (Å²) in [6, 6.07) is 9.16. The van der Waals surface area contributed by atoms with Gasteiger partial charge in [-0.15, -0.1) is 0 Å². The summed E-state index contributed by atoms with van der Waals surface area (Å²) in [6.07, 6.45) is 3.22. The van der Waals surface area contributed by atoms with Gasteiger partial charge in [0.1, 0.15) is 11.3 Å². The van der Waals surface area contributed by atoms with Crippen LogP contribution in [0.2, 0.25) is 0 Å². The van der Waals surface area contributed by atoms with Crippen molar-refractivity contribution in [1.29, 1.82) is 0 Å². The first-order valence-corrected chi connectivity index (χ1v) is 7.03. The Morgan fingerprint density at radius 3 is 2.40 bits per heavy atom. The lowest BCUT2D eigenvalue weighted by atomic mass is 10.2. The zero-order valence-electron chi connectivity index (χ0n) is 12.9. The van der Waals surface area contributed by atoms with Crippen LogP contribution in [0, 0.1) is 20.2 Å². The summed E-state index contributed by atoms with van der Waals surface area (Å²) in [4.78, 5) is 24.6. The third-order valence-electron chi connectivity index (χ3n) is 3.41. The van der Waals surface area contributed by atoms with Crippen LogP contribution in [-0.4, -0.2) is 21.9 Å². The number of hydrogen-bond donors (Lipinski definition) is 0. The molecule has 1 heterocycles. The number of hydrogen-bond acceptors (Lipinski definition) is 7. The van der Waals surface area contributed by atoms with Gasteiger partial charge >= 0.3 is 5.69 Å². The van der Waals surface area contributed by atoms with Crippen molar-refractivity contribution in [3.8, 4) is 5.75 Å². The van der Waals surface area contributed by atoms with Crippen LogP contribution < -0.4 is 4.74 Å². The Morgan fingerprint density at radius 2 is 1.80 bits per heavy atom. The van der Waals surface area contributed by atoms with Gasteiger partial charge in [0, 0.05) is 12.1 Å². The van der Waals surface area contributed by atoms with E-state index in [9.17, 15) is 20.2 Å². The lowest BCUT2D eigenvalue weighted by Crippen LogP contribution is -1.93. The van der Waals surface area contributed by atoms with E-state index in [-0.39, 0.29) is 17.0 Å². The van der Waals surface area contributed by atoms with Crippen molar-refractivity contribution < 1.29 is 19.0 Å². The van der Waals surface area contributed by atoms with E-state index in [0.717, 1.165) is 17.7 Å². The van der Waals surface area contributed by atoms with Crippen LogP contribution in [0.15, 0.2) is 40.8 Å². The molecule has 0 aliphatic carbocycles. The van der Waals surface area contributed by atoms with E-state index >= 15 is 0 Å². The van der Waals surface area contributed by atoms with Gasteiger partial charge in [0.05, 0.1) is 23.0 Å². The predicted octanol–water partition coefficient (Wildman–Crippen LogP) is 3.82. The minimum atomic E-state index is -0.739. The standard InChI is InChI=1S/C16H11N3O6/c1-24-12-5-2-10(3-6-12)4-7-15-17-13-8-11(18(20)21)9-14(19(22)23)16(13)25-15/h2-9H,1H3/b7-4+. The van der Waals surface area contributed by atoms with E-state index in [1.165, 1.54) is 6.08 Å². The molecular weight excluding hydrogens is 330 g/mol. The molecule has 3 aromatic rings. The molecule has 25 heavy (non-hydrogen) atoms. The van der Waals surface area contributed by atoms with Crippen LogP contribution in [-0.2, 0) is 0 Å². The van der Waals surface area contributed by atoms with Gasteiger partial charge in [0.2, 0.25) is 11.5 Å². The largest absolute Gasteiger partial charge is 0.497 e. The summed E-state index contributed by atoms with van der Waals surface area (Å²) in [5.41, 5.74) is -0.136. The number of nitrogens with zero attached hydrogens (tertiary/aromatic N) is 3. The van der Waals surface area contributed by atoms with Gasteiger partial charge in [0.25, 0.3) is 5.69 Å². The molecule has 0 atom stereocenters. The first-order valence-electron chi connectivity index (χ1n) is 7.03. The minimum Gasteiger partial charge on any atom is -0.497 e. The first kappa shape index (κ1) is 16.1. The van der Waals surface area contributed by atoms with Crippen LogP contribution >= 0.6 is 0 Å². The van der Waals surface area contributed by atoms with Crippen molar-refractivity contribution in [2.24, 2.45) is 0 Å². The second-order valence-electron chi connectivity index (χ2n) is 4.99. The highest BCUT2D eigenvalue weighted by Crippen LogP contribution is 2.31. The number of nitro groups is 2. The number of oxazole rings is 1. The molecule has 0 radical (unpaired) electrons. The molecule has 0 unspecified atom stereocenters. The molecule has 0 saturated carbocycles.